The molecule has 2 aliphatic heterocycles. The summed E-state index contributed by atoms with van der Waals surface area (Å²) >= 11 is 12.6. The fraction of sp³-hybridized carbons (Fsp3) is 0.517. The molecule has 2 aromatic rings. The Bertz CT molecular complexity index is 1270. The quantitative estimate of drug-likeness (QED) is 0.531. The number of piperidine rings is 1. The molecule has 3 fully saturated rings. The van der Waals surface area contributed by atoms with Gasteiger partial charge in [0.1, 0.15) is 5.54 Å². The smallest absolute Gasteiger partial charge is 0.409 e. The lowest BCUT2D eigenvalue weighted by molar-refractivity contribution is -0.142. The Hall–Kier alpha value is -2.68. The van der Waals surface area contributed by atoms with Gasteiger partial charge in [0.05, 0.1) is 16.2 Å². The molecule has 10 heteroatoms. The number of carbonyl (C=O) groups excluding carboxylic acids is 3. The van der Waals surface area contributed by atoms with Crippen molar-refractivity contribution in [2.45, 2.75) is 51.0 Å². The molecule has 39 heavy (non-hydrogen) atoms. The normalized spacial score (nSPS) is 24.3. The van der Waals surface area contributed by atoms with Gasteiger partial charge in [0.15, 0.2) is 11.5 Å². The van der Waals surface area contributed by atoms with Gasteiger partial charge in [-0.2, -0.15) is 0 Å². The monoisotopic (exact) mass is 572 g/mol. The molecule has 2 atom stereocenters. The molecule has 3 aliphatic rings. The van der Waals surface area contributed by atoms with Gasteiger partial charge in [0.2, 0.25) is 5.91 Å². The highest BCUT2D eigenvalue weighted by molar-refractivity contribution is 6.42. The van der Waals surface area contributed by atoms with E-state index < -0.39 is 11.6 Å². The highest BCUT2D eigenvalue weighted by atomic mass is 35.5. The molecular weight excluding hydrogens is 539 g/mol. The number of likely N-dealkylation sites (N-methyl/N-ethyl adjacent to an activating group) is 1. The number of likely N-dealkylation sites (tertiary alicyclic amines) is 1. The van der Waals surface area contributed by atoms with E-state index in [-0.39, 0.29) is 35.5 Å². The largest absolute Gasteiger partial charge is 0.415 e. The van der Waals surface area contributed by atoms with E-state index in [1.807, 2.05) is 24.8 Å². The molecule has 1 saturated carbocycles. The average molecular weight is 574 g/mol. The molecule has 5 rings (SSSR count). The summed E-state index contributed by atoms with van der Waals surface area (Å²) in [7, 11) is 1.62. The van der Waals surface area contributed by atoms with Crippen LogP contribution in [0.15, 0.2) is 36.5 Å². The van der Waals surface area contributed by atoms with Gasteiger partial charge in [-0.3, -0.25) is 19.5 Å². The van der Waals surface area contributed by atoms with Gasteiger partial charge in [-0.05, 0) is 62.4 Å². The number of pyridine rings is 1. The summed E-state index contributed by atoms with van der Waals surface area (Å²) in [4.78, 5) is 48.5. The maximum absolute atomic E-state index is 14.5. The summed E-state index contributed by atoms with van der Waals surface area (Å²) < 4.78 is 5.67. The number of hydrogen-bond acceptors (Lipinski definition) is 6. The van der Waals surface area contributed by atoms with Crippen LogP contribution in [0.1, 0.15) is 49.8 Å². The first kappa shape index (κ1) is 27.9. The summed E-state index contributed by atoms with van der Waals surface area (Å²) in [5.74, 6) is -0.222. The average Bonchev–Trinajstić information content (AvgIpc) is 3.53. The number of rotatable bonds is 6. The summed E-state index contributed by atoms with van der Waals surface area (Å²) in [5, 5.41) is 4.16. The predicted molar refractivity (Wildman–Crippen MR) is 149 cm³/mol. The highest BCUT2D eigenvalue weighted by Gasteiger charge is 2.57. The maximum Gasteiger partial charge on any atom is 0.415 e. The number of ether oxygens (including phenoxy) is 1. The lowest BCUT2D eigenvalue weighted by Gasteiger charge is -2.44. The fourth-order valence-electron chi connectivity index (χ4n) is 5.93. The Kier molecular flexibility index (Phi) is 7.65. The van der Waals surface area contributed by atoms with Crippen LogP contribution in [0.2, 0.25) is 10.0 Å². The van der Waals surface area contributed by atoms with Crippen LogP contribution >= 0.6 is 23.2 Å². The Balaban J connectivity index is 1.43. The Morgan fingerprint density at radius 1 is 1.10 bits per heavy atom. The Labute approximate surface area is 239 Å². The van der Waals surface area contributed by atoms with Crippen molar-refractivity contribution < 1.29 is 19.1 Å². The van der Waals surface area contributed by atoms with Crippen LogP contribution in [0.5, 0.6) is 5.75 Å². The number of hydrogen-bond donors (Lipinski definition) is 1. The second-order valence-corrected chi connectivity index (χ2v) is 12.1. The van der Waals surface area contributed by atoms with Crippen LogP contribution in [0.4, 0.5) is 4.79 Å². The molecule has 8 nitrogen and oxygen atoms in total. The van der Waals surface area contributed by atoms with Crippen LogP contribution in [-0.2, 0) is 9.59 Å². The lowest BCUT2D eigenvalue weighted by atomic mass is 9.72. The maximum atomic E-state index is 14.5. The number of halogens is 2. The Morgan fingerprint density at radius 3 is 2.44 bits per heavy atom. The summed E-state index contributed by atoms with van der Waals surface area (Å²) in [5.41, 5.74) is 0.163. The van der Waals surface area contributed by atoms with Gasteiger partial charge < -0.3 is 15.0 Å². The molecular formula is C29H34Cl2N4O4. The first-order valence-corrected chi connectivity index (χ1v) is 14.2. The summed E-state index contributed by atoms with van der Waals surface area (Å²) in [6.45, 7) is 5.68. The van der Waals surface area contributed by atoms with Crippen molar-refractivity contribution in [1.29, 1.82) is 0 Å². The van der Waals surface area contributed by atoms with Crippen molar-refractivity contribution in [2.24, 2.45) is 11.3 Å². The van der Waals surface area contributed by atoms with Gasteiger partial charge >= 0.3 is 6.09 Å². The predicted octanol–water partition coefficient (Wildman–Crippen LogP) is 4.86. The van der Waals surface area contributed by atoms with E-state index in [0.29, 0.717) is 48.3 Å². The third-order valence-electron chi connectivity index (χ3n) is 8.72. The molecule has 0 unspecified atom stereocenters. The number of aromatic nitrogens is 1. The molecule has 2 saturated heterocycles. The number of benzene rings is 1. The minimum Gasteiger partial charge on any atom is -0.409 e. The van der Waals surface area contributed by atoms with E-state index in [4.69, 9.17) is 27.9 Å². The van der Waals surface area contributed by atoms with Gasteiger partial charge in [-0.15, -0.1) is 0 Å². The second kappa shape index (κ2) is 10.7. The molecule has 1 aromatic heterocycles. The van der Waals surface area contributed by atoms with E-state index in [0.717, 1.165) is 24.1 Å². The van der Waals surface area contributed by atoms with E-state index >= 15 is 0 Å². The number of aryl methyl sites for hydroxylation is 1. The van der Waals surface area contributed by atoms with Crippen molar-refractivity contribution >= 4 is 41.0 Å². The summed E-state index contributed by atoms with van der Waals surface area (Å²) in [6.07, 6.45) is 3.81. The molecule has 1 aliphatic carbocycles. The lowest BCUT2D eigenvalue weighted by Crippen LogP contribution is -2.62. The standard InChI is InChI=1S/C29H34Cl2N4O4/c1-18-4-6-21(15-33-18)39-27(38)34(3)29(17-32-16-22(29)20-5-7-23(30)24(31)14-20)25(36)19-8-12-35(13-9-19)26(37)28(2)10-11-28/h4-7,14-15,19,22,32H,8-13,16-17H2,1-3H3/t22-,29+/m0/s1. The molecule has 1 aromatic carbocycles. The molecule has 1 N–H and O–H groups in total. The van der Waals surface area contributed by atoms with Crippen molar-refractivity contribution in [3.05, 3.63) is 57.8 Å². The van der Waals surface area contributed by atoms with Crippen molar-refractivity contribution in [3.63, 3.8) is 0 Å². The molecule has 2 amide bonds. The number of amides is 2. The summed E-state index contributed by atoms with van der Waals surface area (Å²) in [6, 6.07) is 8.78. The fourth-order valence-corrected chi connectivity index (χ4v) is 6.23. The topological polar surface area (TPSA) is 91.8 Å². The van der Waals surface area contributed by atoms with Crippen LogP contribution < -0.4 is 10.1 Å². The molecule has 0 bridgehead atoms. The first-order chi connectivity index (χ1) is 18.5. The zero-order valence-corrected chi connectivity index (χ0v) is 24.0. The number of ketones is 1. The number of carbonyl (C=O) groups is 3. The van der Waals surface area contributed by atoms with E-state index in [2.05, 4.69) is 10.3 Å². The van der Waals surface area contributed by atoms with Crippen LogP contribution in [0.3, 0.4) is 0 Å². The highest BCUT2D eigenvalue weighted by Crippen LogP contribution is 2.47. The molecule has 3 heterocycles. The van der Waals surface area contributed by atoms with Crippen molar-refractivity contribution in [3.8, 4) is 5.75 Å². The van der Waals surface area contributed by atoms with Gasteiger partial charge in [-0.1, -0.05) is 36.2 Å². The van der Waals surface area contributed by atoms with Crippen molar-refractivity contribution in [2.75, 3.05) is 33.2 Å². The Morgan fingerprint density at radius 2 is 1.82 bits per heavy atom. The van der Waals surface area contributed by atoms with Gasteiger partial charge in [0.25, 0.3) is 0 Å². The minimum atomic E-state index is -1.22. The van der Waals surface area contributed by atoms with Crippen LogP contribution in [0.25, 0.3) is 0 Å². The second-order valence-electron chi connectivity index (χ2n) is 11.3. The van der Waals surface area contributed by atoms with Crippen LogP contribution in [-0.4, -0.2) is 71.3 Å². The minimum absolute atomic E-state index is 0.0326. The zero-order chi connectivity index (χ0) is 27.9. The molecule has 0 spiro atoms. The third-order valence-corrected chi connectivity index (χ3v) is 9.46. The third kappa shape index (κ3) is 5.26. The SMILES string of the molecule is Cc1ccc(OC(=O)N(C)[C@]2(C(=O)C3CCN(C(=O)C4(C)CC4)CC3)CNC[C@H]2c2ccc(Cl)c(Cl)c2)cn1. The molecule has 0 radical (unpaired) electrons. The van der Waals surface area contributed by atoms with E-state index in [1.165, 1.54) is 11.1 Å². The van der Waals surface area contributed by atoms with E-state index in [9.17, 15) is 14.4 Å². The molecule has 208 valence electrons. The number of nitrogens with one attached hydrogen (secondary N) is 1. The van der Waals surface area contributed by atoms with Crippen LogP contribution in [0, 0.1) is 18.3 Å². The van der Waals surface area contributed by atoms with Gasteiger partial charge in [0, 0.05) is 56.2 Å². The zero-order valence-electron chi connectivity index (χ0n) is 22.5. The number of Topliss-reactive ketones (excluding diaryl/α,β-unsaturated/α-hetero) is 1. The van der Waals surface area contributed by atoms with E-state index in [1.54, 1.807) is 31.3 Å². The first-order valence-electron chi connectivity index (χ1n) is 13.4. The van der Waals surface area contributed by atoms with Crippen molar-refractivity contribution in [1.82, 2.24) is 20.1 Å². The number of nitrogens with zero attached hydrogens (tertiary/aromatic N) is 3. The van der Waals surface area contributed by atoms with Gasteiger partial charge in [-0.25, -0.2) is 4.79 Å².